The van der Waals surface area contributed by atoms with Crippen LogP contribution < -0.4 is 21.0 Å². The maximum Gasteiger partial charge on any atom is 0.217 e. The Hall–Kier alpha value is -2.73. The van der Waals surface area contributed by atoms with Crippen LogP contribution in [-0.4, -0.2) is 5.55 Å². The molecule has 0 bridgehead atoms. The summed E-state index contributed by atoms with van der Waals surface area (Å²) < 4.78 is 0. The first-order valence-electron chi connectivity index (χ1n) is 6.52. The summed E-state index contributed by atoms with van der Waals surface area (Å²) in [6, 6.07) is 16.1. The maximum absolute atomic E-state index is 12.1. The van der Waals surface area contributed by atoms with Crippen molar-refractivity contribution in [3.63, 3.8) is 0 Å². The predicted octanol–water partition coefficient (Wildman–Crippen LogP) is 1.85. The largest absolute Gasteiger partial charge is 0.287 e. The standard InChI is InChI=1S/C16H11N3O2S/c20-15-12-8-4-5-9-13(12)16(21)14(15)18-19-22-10-17-11-6-2-1-3-7-11/h1-10,19H/b17-10+. The lowest BCUT2D eigenvalue weighted by Gasteiger charge is -1.91. The molecule has 0 aliphatic rings. The molecule has 5 nitrogen and oxygen atoms in total. The molecule has 6 heteroatoms. The van der Waals surface area contributed by atoms with Crippen LogP contribution in [0.5, 0.6) is 0 Å². The Morgan fingerprint density at radius 1 is 0.864 bits per heavy atom. The average Bonchev–Trinajstić information content (AvgIpc) is 2.81. The first kappa shape index (κ1) is 14.2. The maximum atomic E-state index is 12.1. The lowest BCUT2D eigenvalue weighted by molar-refractivity contribution is 1.03. The van der Waals surface area contributed by atoms with Gasteiger partial charge in [-0.2, -0.15) is 5.10 Å². The van der Waals surface area contributed by atoms with E-state index in [4.69, 9.17) is 0 Å². The second kappa shape index (κ2) is 6.36. The molecule has 22 heavy (non-hydrogen) atoms. The molecule has 108 valence electrons. The van der Waals surface area contributed by atoms with E-state index in [1.807, 2.05) is 30.3 Å². The number of aliphatic imine (C=N–C) groups is 1. The Balaban J connectivity index is 1.78. The van der Waals surface area contributed by atoms with E-state index < -0.39 is 0 Å². The quantitative estimate of drug-likeness (QED) is 0.262. The number of hydrogen-bond acceptors (Lipinski definition) is 6. The van der Waals surface area contributed by atoms with E-state index in [0.29, 0.717) is 10.8 Å². The highest BCUT2D eigenvalue weighted by Gasteiger charge is 2.09. The fourth-order valence-electron chi connectivity index (χ4n) is 2.04. The number of para-hydroxylation sites is 1. The van der Waals surface area contributed by atoms with Crippen LogP contribution in [0.3, 0.4) is 0 Å². The van der Waals surface area contributed by atoms with Crippen LogP contribution >= 0.6 is 11.9 Å². The van der Waals surface area contributed by atoms with E-state index in [-0.39, 0.29) is 16.2 Å². The smallest absolute Gasteiger partial charge is 0.217 e. The van der Waals surface area contributed by atoms with Gasteiger partial charge in [-0.1, -0.05) is 42.5 Å². The minimum Gasteiger partial charge on any atom is -0.287 e. The van der Waals surface area contributed by atoms with E-state index in [2.05, 4.69) is 14.9 Å². The Labute approximate surface area is 129 Å². The number of fused-ring (bicyclic) bond motifs is 1. The molecule has 0 aromatic heterocycles. The van der Waals surface area contributed by atoms with Gasteiger partial charge in [-0.15, -0.1) is 0 Å². The van der Waals surface area contributed by atoms with Crippen molar-refractivity contribution >= 4 is 34.0 Å². The van der Waals surface area contributed by atoms with Gasteiger partial charge < -0.3 is 0 Å². The molecule has 1 N–H and O–H groups in total. The number of nitrogens with zero attached hydrogens (tertiary/aromatic N) is 2. The molecule has 3 aromatic rings. The van der Waals surface area contributed by atoms with Crippen molar-refractivity contribution in [2.24, 2.45) is 10.1 Å². The number of hydrogen-bond donors (Lipinski definition) is 1. The second-order valence-corrected chi connectivity index (χ2v) is 5.07. The highest BCUT2D eigenvalue weighted by atomic mass is 32.2. The Morgan fingerprint density at radius 2 is 1.45 bits per heavy atom. The summed E-state index contributed by atoms with van der Waals surface area (Å²) in [5, 5.41) is 4.57. The van der Waals surface area contributed by atoms with E-state index in [1.54, 1.807) is 29.8 Å². The summed E-state index contributed by atoms with van der Waals surface area (Å²) in [6.45, 7) is 0. The van der Waals surface area contributed by atoms with E-state index in [1.165, 1.54) is 0 Å². The summed E-state index contributed by atoms with van der Waals surface area (Å²) in [6.07, 6.45) is 0. The average molecular weight is 309 g/mol. The summed E-state index contributed by atoms with van der Waals surface area (Å²) in [4.78, 5) is 30.9. The zero-order valence-corrected chi connectivity index (χ0v) is 12.2. The highest BCUT2D eigenvalue weighted by Crippen LogP contribution is 2.09. The first-order chi connectivity index (χ1) is 10.8. The Kier molecular flexibility index (Phi) is 4.11. The minimum absolute atomic E-state index is 0.0955. The van der Waals surface area contributed by atoms with Gasteiger partial charge in [0.1, 0.15) is 0 Å². The van der Waals surface area contributed by atoms with Crippen LogP contribution in [0.2, 0.25) is 0 Å². The molecule has 0 aliphatic heterocycles. The molecule has 0 radical (unpaired) electrons. The summed E-state index contributed by atoms with van der Waals surface area (Å²) in [7, 11) is 0. The molecule has 3 aromatic carbocycles. The highest BCUT2D eigenvalue weighted by molar-refractivity contribution is 8.10. The lowest BCUT2D eigenvalue weighted by atomic mass is 10.2. The second-order valence-electron chi connectivity index (χ2n) is 4.44. The molecular formula is C16H11N3O2S. The topological polar surface area (TPSA) is 70.9 Å². The van der Waals surface area contributed by atoms with Crippen molar-refractivity contribution in [1.29, 1.82) is 0 Å². The van der Waals surface area contributed by atoms with Gasteiger partial charge in [-0.25, -0.2) is 9.82 Å². The molecule has 0 aliphatic carbocycles. The van der Waals surface area contributed by atoms with Crippen molar-refractivity contribution in [2.45, 2.75) is 0 Å². The van der Waals surface area contributed by atoms with Gasteiger partial charge in [0.25, 0.3) is 0 Å². The Bertz CT molecular complexity index is 924. The molecule has 0 amide bonds. The predicted molar refractivity (Wildman–Crippen MR) is 89.7 cm³/mol. The van der Waals surface area contributed by atoms with Crippen molar-refractivity contribution in [3.05, 3.63) is 80.4 Å². The Morgan fingerprint density at radius 3 is 2.09 bits per heavy atom. The minimum atomic E-state index is -0.353. The first-order valence-corrected chi connectivity index (χ1v) is 7.39. The van der Waals surface area contributed by atoms with Gasteiger partial charge in [0.2, 0.25) is 10.9 Å². The summed E-state index contributed by atoms with van der Waals surface area (Å²) >= 11 is 1.08. The van der Waals surface area contributed by atoms with Crippen LogP contribution in [0.25, 0.3) is 10.8 Å². The van der Waals surface area contributed by atoms with E-state index in [9.17, 15) is 9.59 Å². The molecular weight excluding hydrogens is 298 g/mol. The molecule has 0 unspecified atom stereocenters. The molecule has 0 saturated carbocycles. The van der Waals surface area contributed by atoms with Crippen LogP contribution in [0.1, 0.15) is 0 Å². The molecule has 0 fully saturated rings. The van der Waals surface area contributed by atoms with Gasteiger partial charge in [-0.3, -0.25) is 9.59 Å². The molecule has 3 rings (SSSR count). The zero-order chi connectivity index (χ0) is 15.4. The molecule has 0 heterocycles. The van der Waals surface area contributed by atoms with Gasteiger partial charge in [0.05, 0.1) is 11.2 Å². The fraction of sp³-hybridized carbons (Fsp3) is 0. The lowest BCUT2D eigenvalue weighted by Crippen LogP contribution is -2.33. The number of benzene rings is 2. The zero-order valence-electron chi connectivity index (χ0n) is 11.4. The van der Waals surface area contributed by atoms with Gasteiger partial charge in [0, 0.05) is 22.7 Å². The van der Waals surface area contributed by atoms with Gasteiger partial charge >= 0.3 is 0 Å². The van der Waals surface area contributed by atoms with Crippen LogP contribution in [0.15, 0.2) is 74.3 Å². The summed E-state index contributed by atoms with van der Waals surface area (Å²) in [5.74, 6) is 0. The third-order valence-corrected chi connectivity index (χ3v) is 3.47. The van der Waals surface area contributed by atoms with Crippen LogP contribution in [0, 0.1) is 0 Å². The molecule has 0 saturated heterocycles. The van der Waals surface area contributed by atoms with Gasteiger partial charge in [-0.05, 0) is 12.1 Å². The third-order valence-electron chi connectivity index (χ3n) is 3.07. The SMILES string of the molecule is O=c1c(=NNS/C=N/c2ccccc2)c(=O)c2ccccc12. The van der Waals surface area contributed by atoms with Crippen molar-refractivity contribution < 1.29 is 0 Å². The van der Waals surface area contributed by atoms with E-state index in [0.717, 1.165) is 17.6 Å². The summed E-state index contributed by atoms with van der Waals surface area (Å²) in [5.41, 5.74) is 1.66. The third kappa shape index (κ3) is 2.82. The van der Waals surface area contributed by atoms with Crippen molar-refractivity contribution in [1.82, 2.24) is 4.83 Å². The monoisotopic (exact) mass is 309 g/mol. The fourth-order valence-corrected chi connectivity index (χ4v) is 2.40. The van der Waals surface area contributed by atoms with E-state index >= 15 is 0 Å². The van der Waals surface area contributed by atoms with Crippen LogP contribution in [-0.2, 0) is 0 Å². The van der Waals surface area contributed by atoms with Crippen molar-refractivity contribution in [3.8, 4) is 0 Å². The number of rotatable bonds is 4. The normalized spacial score (nSPS) is 11.1. The molecule has 0 spiro atoms. The van der Waals surface area contributed by atoms with Gasteiger partial charge in [0.15, 0.2) is 5.36 Å². The van der Waals surface area contributed by atoms with Crippen molar-refractivity contribution in [2.75, 3.05) is 0 Å². The number of nitrogens with one attached hydrogen (secondary N) is 1. The van der Waals surface area contributed by atoms with Crippen LogP contribution in [0.4, 0.5) is 5.69 Å². The molecule has 0 atom stereocenters.